The fraction of sp³-hybridized carbons (Fsp3) is 0.250. The van der Waals surface area contributed by atoms with Gasteiger partial charge in [0.2, 0.25) is 0 Å². The van der Waals surface area contributed by atoms with Crippen molar-refractivity contribution in [1.82, 2.24) is 14.4 Å². The van der Waals surface area contributed by atoms with Gasteiger partial charge in [-0.2, -0.15) is 0 Å². The number of fused-ring (bicyclic) bond motifs is 1. The molecule has 3 N–H and O–H groups in total. The summed E-state index contributed by atoms with van der Waals surface area (Å²) in [5, 5.41) is 3.34. The number of nitrogens with one attached hydrogen (secondary N) is 1. The average Bonchev–Trinajstić information content (AvgIpc) is 3.08. The maximum atomic E-state index is 7.36. The van der Waals surface area contributed by atoms with Crippen LogP contribution in [-0.2, 0) is 4.74 Å². The van der Waals surface area contributed by atoms with E-state index >= 15 is 0 Å². The molecule has 0 amide bonds. The zero-order valence-corrected chi connectivity index (χ0v) is 15.0. The Kier molecular flexibility index (Phi) is 4.48. The lowest BCUT2D eigenvalue weighted by molar-refractivity contribution is 0.161. The summed E-state index contributed by atoms with van der Waals surface area (Å²) < 4.78 is 7.69. The lowest BCUT2D eigenvalue weighted by Gasteiger charge is -2.20. The van der Waals surface area contributed by atoms with Gasteiger partial charge in [-0.1, -0.05) is 12.1 Å². The van der Waals surface area contributed by atoms with Gasteiger partial charge in [0.25, 0.3) is 5.69 Å². The Bertz CT molecular complexity index is 1060. The Hall–Kier alpha value is -3.37. The number of nitrogens with two attached hydrogens (primary N) is 1. The predicted molar refractivity (Wildman–Crippen MR) is 106 cm³/mol. The van der Waals surface area contributed by atoms with Gasteiger partial charge in [-0.25, -0.2) is 14.8 Å². The number of nitrogens with zero attached hydrogens (tertiary/aromatic N) is 4. The highest BCUT2D eigenvalue weighted by molar-refractivity contribution is 5.77. The molecule has 0 saturated carbocycles. The molecule has 0 saturated heterocycles. The molecule has 1 unspecified atom stereocenters. The molecule has 0 spiro atoms. The van der Waals surface area contributed by atoms with E-state index < -0.39 is 0 Å². The number of hydrogen-bond acceptors (Lipinski definition) is 5. The standard InChI is InChI=1S/C20H20N6O/c1-13(25-20-17(22-2)19(21)23-12-24-20)16-11-15-5-3-4-8-26(15)18(16)14-6-9-27-10-7-14/h3-6,8,11-13H,7,9-10H2,1H3,(H3,21,23,24,25). The van der Waals surface area contributed by atoms with Gasteiger partial charge in [0, 0.05) is 17.3 Å². The maximum Gasteiger partial charge on any atom is 0.268 e. The summed E-state index contributed by atoms with van der Waals surface area (Å²) in [7, 11) is 0. The first-order chi connectivity index (χ1) is 13.2. The second-order valence-electron chi connectivity index (χ2n) is 6.43. The molecular weight excluding hydrogens is 340 g/mol. The third-order valence-electron chi connectivity index (χ3n) is 4.76. The number of pyridine rings is 1. The molecule has 3 aromatic heterocycles. The summed E-state index contributed by atoms with van der Waals surface area (Å²) in [6, 6.07) is 8.25. The number of hydrogen-bond donors (Lipinski definition) is 2. The van der Waals surface area contributed by atoms with Crippen LogP contribution in [0.15, 0.2) is 42.9 Å². The number of aromatic nitrogens is 3. The van der Waals surface area contributed by atoms with Crippen LogP contribution in [0.3, 0.4) is 0 Å². The second kappa shape index (κ2) is 7.09. The average molecular weight is 360 g/mol. The van der Waals surface area contributed by atoms with Crippen molar-refractivity contribution in [3.8, 4) is 0 Å². The van der Waals surface area contributed by atoms with Crippen molar-refractivity contribution in [2.24, 2.45) is 0 Å². The third kappa shape index (κ3) is 3.11. The van der Waals surface area contributed by atoms with E-state index in [0.29, 0.717) is 12.4 Å². The number of ether oxygens (including phenoxy) is 1. The largest absolute Gasteiger partial charge is 0.392 e. The van der Waals surface area contributed by atoms with Crippen LogP contribution in [0.4, 0.5) is 17.3 Å². The van der Waals surface area contributed by atoms with Crippen LogP contribution in [0.1, 0.15) is 30.6 Å². The van der Waals surface area contributed by atoms with Gasteiger partial charge in [-0.15, -0.1) is 0 Å². The minimum atomic E-state index is -0.0709. The first kappa shape index (κ1) is 17.1. The van der Waals surface area contributed by atoms with Crippen LogP contribution >= 0.6 is 0 Å². The van der Waals surface area contributed by atoms with Crippen molar-refractivity contribution < 1.29 is 4.74 Å². The predicted octanol–water partition coefficient (Wildman–Crippen LogP) is 3.84. The Morgan fingerprint density at radius 2 is 2.26 bits per heavy atom. The lowest BCUT2D eigenvalue weighted by Crippen LogP contribution is -2.12. The van der Waals surface area contributed by atoms with E-state index in [1.54, 1.807) is 0 Å². The molecule has 27 heavy (non-hydrogen) atoms. The normalized spacial score (nSPS) is 15.2. The van der Waals surface area contributed by atoms with Crippen LogP contribution < -0.4 is 11.1 Å². The molecule has 0 aliphatic carbocycles. The topological polar surface area (TPSA) is 81.8 Å². The van der Waals surface area contributed by atoms with Crippen LogP contribution in [0.5, 0.6) is 0 Å². The van der Waals surface area contributed by atoms with Crippen LogP contribution in [0.25, 0.3) is 15.9 Å². The van der Waals surface area contributed by atoms with Crippen molar-refractivity contribution >= 4 is 28.4 Å². The van der Waals surface area contributed by atoms with Crippen molar-refractivity contribution in [3.63, 3.8) is 0 Å². The van der Waals surface area contributed by atoms with E-state index in [4.69, 9.17) is 17.0 Å². The smallest absolute Gasteiger partial charge is 0.268 e. The first-order valence-electron chi connectivity index (χ1n) is 8.80. The molecule has 3 aromatic rings. The van der Waals surface area contributed by atoms with Gasteiger partial charge >= 0.3 is 0 Å². The summed E-state index contributed by atoms with van der Waals surface area (Å²) in [6.07, 6.45) is 6.46. The molecule has 1 atom stereocenters. The van der Waals surface area contributed by atoms with Gasteiger partial charge in [0.1, 0.15) is 18.0 Å². The molecule has 1 aliphatic rings. The summed E-state index contributed by atoms with van der Waals surface area (Å²) in [6.45, 7) is 10.8. The van der Waals surface area contributed by atoms with Gasteiger partial charge in [0.05, 0.1) is 31.5 Å². The molecule has 7 nitrogen and oxygen atoms in total. The van der Waals surface area contributed by atoms with Gasteiger partial charge in [0.15, 0.2) is 0 Å². The van der Waals surface area contributed by atoms with Crippen LogP contribution in [0.2, 0.25) is 0 Å². The van der Waals surface area contributed by atoms with E-state index in [2.05, 4.69) is 55.9 Å². The van der Waals surface area contributed by atoms with Crippen molar-refractivity contribution in [1.29, 1.82) is 0 Å². The highest BCUT2D eigenvalue weighted by Gasteiger charge is 2.21. The van der Waals surface area contributed by atoms with Gasteiger partial charge < -0.3 is 20.2 Å². The molecule has 136 valence electrons. The number of anilines is 2. The van der Waals surface area contributed by atoms with E-state index in [0.717, 1.165) is 24.1 Å². The third-order valence-corrected chi connectivity index (χ3v) is 4.76. The Morgan fingerprint density at radius 3 is 3.04 bits per heavy atom. The van der Waals surface area contributed by atoms with Crippen LogP contribution in [0, 0.1) is 6.57 Å². The van der Waals surface area contributed by atoms with E-state index in [1.807, 2.05) is 12.1 Å². The molecule has 0 aromatic carbocycles. The Labute approximate surface area is 157 Å². The fourth-order valence-electron chi connectivity index (χ4n) is 3.45. The molecular formula is C20H20N6O. The highest BCUT2D eigenvalue weighted by atomic mass is 16.5. The Morgan fingerprint density at radius 1 is 1.37 bits per heavy atom. The second-order valence-corrected chi connectivity index (χ2v) is 6.43. The SMILES string of the molecule is [C-]#[N+]c1c(N)ncnc1NC(C)c1cc2ccccn2c1C1=CCOCC1. The van der Waals surface area contributed by atoms with E-state index in [-0.39, 0.29) is 17.5 Å². The zero-order chi connectivity index (χ0) is 18.8. The quantitative estimate of drug-likeness (QED) is 0.691. The van der Waals surface area contributed by atoms with Crippen LogP contribution in [-0.4, -0.2) is 27.6 Å². The molecule has 7 heteroatoms. The van der Waals surface area contributed by atoms with Crippen molar-refractivity contribution in [3.05, 3.63) is 65.5 Å². The van der Waals surface area contributed by atoms with Gasteiger partial charge in [-0.3, -0.25) is 0 Å². The number of nitrogen functional groups attached to an aromatic ring is 1. The number of rotatable bonds is 4. The summed E-state index contributed by atoms with van der Waals surface area (Å²) in [5.41, 5.74) is 10.8. The first-order valence-corrected chi connectivity index (χ1v) is 8.80. The van der Waals surface area contributed by atoms with E-state index in [9.17, 15) is 0 Å². The molecule has 0 radical (unpaired) electrons. The van der Waals surface area contributed by atoms with Gasteiger partial charge in [-0.05, 0) is 37.1 Å². The summed E-state index contributed by atoms with van der Waals surface area (Å²) in [4.78, 5) is 11.6. The summed E-state index contributed by atoms with van der Waals surface area (Å²) >= 11 is 0. The molecule has 4 rings (SSSR count). The maximum absolute atomic E-state index is 7.36. The minimum Gasteiger partial charge on any atom is -0.392 e. The van der Waals surface area contributed by atoms with Crippen molar-refractivity contribution in [2.75, 3.05) is 24.3 Å². The molecule has 1 aliphatic heterocycles. The zero-order valence-electron chi connectivity index (χ0n) is 15.0. The Balaban J connectivity index is 1.78. The monoisotopic (exact) mass is 360 g/mol. The highest BCUT2D eigenvalue weighted by Crippen LogP contribution is 2.35. The molecule has 0 bridgehead atoms. The lowest BCUT2D eigenvalue weighted by atomic mass is 10.00. The molecule has 0 fully saturated rings. The summed E-state index contributed by atoms with van der Waals surface area (Å²) in [5.74, 6) is 0.635. The molecule has 4 heterocycles. The minimum absolute atomic E-state index is 0.0709. The fourth-order valence-corrected chi connectivity index (χ4v) is 3.45. The van der Waals surface area contributed by atoms with Crippen molar-refractivity contribution in [2.45, 2.75) is 19.4 Å². The van der Waals surface area contributed by atoms with E-state index in [1.165, 1.54) is 17.6 Å².